The maximum absolute atomic E-state index is 14.1. The zero-order chi connectivity index (χ0) is 23.4. The molecule has 3 heterocycles. The third-order valence-electron chi connectivity index (χ3n) is 6.63. The lowest BCUT2D eigenvalue weighted by molar-refractivity contribution is -0.136. The first-order valence-corrected chi connectivity index (χ1v) is 11.3. The minimum atomic E-state index is -4.67. The van der Waals surface area contributed by atoms with Gasteiger partial charge in [-0.05, 0) is 29.9 Å². The molecule has 6 rings (SSSR count). The lowest BCUT2D eigenvalue weighted by Gasteiger charge is -2.37. The zero-order valence-corrected chi connectivity index (χ0v) is 18.5. The molecule has 34 heavy (non-hydrogen) atoms. The van der Waals surface area contributed by atoms with E-state index in [1.54, 1.807) is 30.3 Å². The summed E-state index contributed by atoms with van der Waals surface area (Å²) < 4.78 is 53.1. The highest BCUT2D eigenvalue weighted by atomic mass is 19.4. The second-order valence-electron chi connectivity index (χ2n) is 9.23. The van der Waals surface area contributed by atoms with Crippen LogP contribution in [-0.2, 0) is 25.6 Å². The summed E-state index contributed by atoms with van der Waals surface area (Å²) in [5.41, 5.74) is 3.60. The van der Waals surface area contributed by atoms with Crippen LogP contribution in [0.1, 0.15) is 29.2 Å². The predicted molar refractivity (Wildman–Crippen MR) is 120 cm³/mol. The van der Waals surface area contributed by atoms with E-state index in [-0.39, 0.29) is 11.5 Å². The van der Waals surface area contributed by atoms with Crippen LogP contribution < -0.4 is 0 Å². The highest BCUT2D eigenvalue weighted by Gasteiger charge is 2.43. The van der Waals surface area contributed by atoms with Gasteiger partial charge in [0.15, 0.2) is 0 Å². The molecule has 174 valence electrons. The highest BCUT2D eigenvalue weighted by molar-refractivity contribution is 5.79. The summed E-state index contributed by atoms with van der Waals surface area (Å²) in [4.78, 5) is 2.40. The molecule has 0 spiro atoms. The van der Waals surface area contributed by atoms with Crippen molar-refractivity contribution in [3.05, 3.63) is 70.8 Å². The van der Waals surface area contributed by atoms with Gasteiger partial charge in [-0.2, -0.15) is 13.2 Å². The van der Waals surface area contributed by atoms with E-state index in [0.717, 1.165) is 36.7 Å². The molecular weight excluding hydrogens is 443 g/mol. The number of alkyl halides is 3. The summed E-state index contributed by atoms with van der Waals surface area (Å²) in [6, 6.07) is 14.4. The molecule has 0 bridgehead atoms. The number of likely N-dealkylation sites (tertiary alicyclic amines) is 1. The number of aryl methyl sites for hydroxylation is 1. The number of rotatable bonds is 4. The van der Waals surface area contributed by atoms with Crippen LogP contribution in [-0.4, -0.2) is 28.3 Å². The van der Waals surface area contributed by atoms with Gasteiger partial charge in [-0.15, -0.1) is 0 Å². The van der Waals surface area contributed by atoms with Gasteiger partial charge in [0.05, 0.1) is 0 Å². The molecule has 4 aromatic rings. The molecule has 0 N–H and O–H groups in total. The topological polar surface area (TPSA) is 55.3 Å². The van der Waals surface area contributed by atoms with Crippen molar-refractivity contribution in [2.75, 3.05) is 13.1 Å². The largest absolute Gasteiger partial charge is 0.422 e. The van der Waals surface area contributed by atoms with Crippen LogP contribution in [0.15, 0.2) is 57.6 Å². The zero-order valence-electron chi connectivity index (χ0n) is 18.5. The van der Waals surface area contributed by atoms with Crippen molar-refractivity contribution in [1.82, 2.24) is 15.2 Å². The standard InChI is InChI=1S/C26H22F3N3O2/c1-15-12-32(13-15)14-16-7-9-19-18(11-16)8-10-20-23(19)31-33-24(20)25-21(26(27,28)29)22(30-34-25)17-5-3-2-4-6-17/h2-7,9,11,15H,8,10,12-14H2,1H3. The Balaban J connectivity index is 1.38. The lowest BCUT2D eigenvalue weighted by Crippen LogP contribution is -2.44. The monoisotopic (exact) mass is 465 g/mol. The number of halogens is 3. The molecule has 1 saturated heterocycles. The average Bonchev–Trinajstić information content (AvgIpc) is 3.43. The minimum absolute atomic E-state index is 0.00120. The third kappa shape index (κ3) is 3.53. The van der Waals surface area contributed by atoms with Crippen LogP contribution in [0.5, 0.6) is 0 Å². The first kappa shape index (κ1) is 21.2. The SMILES string of the molecule is CC1CN(Cc2ccc3c(c2)CCc2c-3noc2-c2onc(-c3ccccc3)c2C(F)(F)F)C1. The van der Waals surface area contributed by atoms with Gasteiger partial charge in [-0.1, -0.05) is 65.8 Å². The van der Waals surface area contributed by atoms with Gasteiger partial charge in [0.2, 0.25) is 11.5 Å². The van der Waals surface area contributed by atoms with Crippen molar-refractivity contribution in [3.8, 4) is 34.0 Å². The smallest absolute Gasteiger partial charge is 0.352 e. The molecule has 0 saturated carbocycles. The Labute approximate surface area is 194 Å². The Bertz CT molecular complexity index is 1350. The fraction of sp³-hybridized carbons (Fsp3) is 0.308. The van der Waals surface area contributed by atoms with E-state index < -0.39 is 17.5 Å². The molecule has 0 amide bonds. The fourth-order valence-corrected chi connectivity index (χ4v) is 5.09. The summed E-state index contributed by atoms with van der Waals surface area (Å²) in [5.74, 6) is 0.321. The van der Waals surface area contributed by atoms with E-state index >= 15 is 0 Å². The molecule has 8 heteroatoms. The second-order valence-corrected chi connectivity index (χ2v) is 9.23. The van der Waals surface area contributed by atoms with E-state index in [1.165, 1.54) is 5.56 Å². The molecule has 0 unspecified atom stereocenters. The Kier molecular flexibility index (Phi) is 4.88. The molecule has 2 aromatic heterocycles. The summed E-state index contributed by atoms with van der Waals surface area (Å²) in [5, 5.41) is 7.94. The summed E-state index contributed by atoms with van der Waals surface area (Å²) in [6.45, 7) is 5.37. The van der Waals surface area contributed by atoms with Crippen LogP contribution in [0, 0.1) is 5.92 Å². The summed E-state index contributed by atoms with van der Waals surface area (Å²) in [7, 11) is 0. The maximum Gasteiger partial charge on any atom is 0.422 e. The average molecular weight is 465 g/mol. The number of nitrogens with zero attached hydrogens (tertiary/aromatic N) is 3. The van der Waals surface area contributed by atoms with Gasteiger partial charge in [-0.25, -0.2) is 0 Å². The number of fused-ring (bicyclic) bond motifs is 3. The van der Waals surface area contributed by atoms with E-state index in [9.17, 15) is 13.2 Å². The van der Waals surface area contributed by atoms with Crippen molar-refractivity contribution in [3.63, 3.8) is 0 Å². The molecule has 5 nitrogen and oxygen atoms in total. The number of benzene rings is 2. The number of hydrogen-bond donors (Lipinski definition) is 0. The maximum atomic E-state index is 14.1. The molecule has 0 atom stereocenters. The second kappa shape index (κ2) is 7.84. The van der Waals surface area contributed by atoms with Crippen molar-refractivity contribution in [1.29, 1.82) is 0 Å². The quantitative estimate of drug-likeness (QED) is 0.358. The van der Waals surface area contributed by atoms with Crippen molar-refractivity contribution < 1.29 is 22.2 Å². The van der Waals surface area contributed by atoms with E-state index in [2.05, 4.69) is 34.3 Å². The Hall–Kier alpha value is -3.39. The van der Waals surface area contributed by atoms with E-state index in [0.29, 0.717) is 29.7 Å². The molecule has 1 fully saturated rings. The van der Waals surface area contributed by atoms with Crippen LogP contribution in [0.3, 0.4) is 0 Å². The van der Waals surface area contributed by atoms with Crippen LogP contribution in [0.4, 0.5) is 13.2 Å². The molecule has 1 aliphatic carbocycles. The molecule has 1 aliphatic heterocycles. The van der Waals surface area contributed by atoms with Crippen LogP contribution in [0.2, 0.25) is 0 Å². The molecule has 2 aromatic carbocycles. The van der Waals surface area contributed by atoms with Gasteiger partial charge >= 0.3 is 6.18 Å². The first-order chi connectivity index (χ1) is 16.4. The lowest BCUT2D eigenvalue weighted by atomic mass is 9.87. The van der Waals surface area contributed by atoms with Gasteiger partial charge in [0.25, 0.3) is 0 Å². The van der Waals surface area contributed by atoms with Gasteiger partial charge in [0, 0.05) is 36.3 Å². The Morgan fingerprint density at radius 3 is 2.41 bits per heavy atom. The molecule has 2 aliphatic rings. The normalized spacial score (nSPS) is 16.2. The van der Waals surface area contributed by atoms with Gasteiger partial charge in [0.1, 0.15) is 17.0 Å². The van der Waals surface area contributed by atoms with Gasteiger partial charge < -0.3 is 9.05 Å². The highest BCUT2D eigenvalue weighted by Crippen LogP contribution is 2.46. The predicted octanol–water partition coefficient (Wildman–Crippen LogP) is 6.23. The minimum Gasteiger partial charge on any atom is -0.352 e. The first-order valence-electron chi connectivity index (χ1n) is 11.3. The Morgan fingerprint density at radius 1 is 0.941 bits per heavy atom. The third-order valence-corrected chi connectivity index (χ3v) is 6.63. The number of aromatic nitrogens is 2. The van der Waals surface area contributed by atoms with E-state index in [1.807, 2.05) is 6.07 Å². The van der Waals surface area contributed by atoms with Crippen LogP contribution >= 0.6 is 0 Å². The summed E-state index contributed by atoms with van der Waals surface area (Å²) in [6.07, 6.45) is -3.46. The Morgan fingerprint density at radius 2 is 1.68 bits per heavy atom. The van der Waals surface area contributed by atoms with Crippen molar-refractivity contribution in [2.45, 2.75) is 32.5 Å². The molecule has 0 radical (unpaired) electrons. The van der Waals surface area contributed by atoms with E-state index in [4.69, 9.17) is 9.05 Å². The number of hydrogen-bond acceptors (Lipinski definition) is 5. The van der Waals surface area contributed by atoms with Crippen molar-refractivity contribution in [2.24, 2.45) is 5.92 Å². The summed E-state index contributed by atoms with van der Waals surface area (Å²) >= 11 is 0. The van der Waals surface area contributed by atoms with Crippen LogP contribution in [0.25, 0.3) is 34.0 Å². The van der Waals surface area contributed by atoms with Crippen molar-refractivity contribution >= 4 is 0 Å². The fourth-order valence-electron chi connectivity index (χ4n) is 5.09. The molecular formula is C26H22F3N3O2. The van der Waals surface area contributed by atoms with Gasteiger partial charge in [-0.3, -0.25) is 4.90 Å².